The second kappa shape index (κ2) is 9.24. The topological polar surface area (TPSA) is 18.5 Å². The Kier molecular flexibility index (Phi) is 7.56. The lowest BCUT2D eigenvalue weighted by molar-refractivity contribution is 0.463. The molecule has 0 aromatic heterocycles. The highest BCUT2D eigenvalue weighted by Gasteiger charge is 1.94. The third kappa shape index (κ3) is 7.67. The zero-order valence-corrected chi connectivity index (χ0v) is 13.0. The molecule has 0 aliphatic heterocycles. The molecule has 0 saturated heterocycles. The third-order valence-corrected chi connectivity index (χ3v) is 2.64. The number of benzene rings is 1. The lowest BCUT2D eigenvalue weighted by Crippen LogP contribution is -1.87. The monoisotopic (exact) mass is 274 g/mol. The lowest BCUT2D eigenvalue weighted by atomic mass is 10.1. The largest absolute Gasteiger partial charge is 0.465 e. The van der Waals surface area contributed by atoms with Gasteiger partial charge in [-0.3, -0.25) is 0 Å². The molecule has 1 aromatic rings. The van der Waals surface area contributed by atoms with E-state index >= 15 is 0 Å². The molecule has 0 bridgehead atoms. The van der Waals surface area contributed by atoms with Gasteiger partial charge in [-0.25, -0.2) is 0 Å². The number of rotatable bonds is 8. The summed E-state index contributed by atoms with van der Waals surface area (Å²) in [6.45, 7) is 8.74. The highest BCUT2D eigenvalue weighted by Crippen LogP contribution is 2.18. The molecular weight excluding hydrogens is 248 g/mol. The third-order valence-electron chi connectivity index (χ3n) is 2.64. The van der Waals surface area contributed by atoms with Crippen molar-refractivity contribution in [3.05, 3.63) is 48.9 Å². The van der Waals surface area contributed by atoms with Crippen molar-refractivity contribution in [1.82, 2.24) is 0 Å². The van der Waals surface area contributed by atoms with Crippen LogP contribution in [0.15, 0.2) is 48.9 Å². The van der Waals surface area contributed by atoms with E-state index in [0.29, 0.717) is 11.8 Å². The van der Waals surface area contributed by atoms with Crippen molar-refractivity contribution in [1.29, 1.82) is 0 Å². The molecule has 0 fully saturated rings. The van der Waals surface area contributed by atoms with Crippen molar-refractivity contribution in [3.63, 3.8) is 0 Å². The molecule has 110 valence electrons. The normalized spacial score (nSPS) is 11.9. The van der Waals surface area contributed by atoms with Gasteiger partial charge in [0.15, 0.2) is 0 Å². The molecule has 0 N–H and O–H groups in total. The molecule has 0 aliphatic carbocycles. The van der Waals surface area contributed by atoms with Crippen LogP contribution in [0, 0.1) is 11.8 Å². The Morgan fingerprint density at radius 2 is 1.10 bits per heavy atom. The van der Waals surface area contributed by atoms with Crippen LogP contribution >= 0.6 is 0 Å². The average molecular weight is 274 g/mol. The minimum atomic E-state index is 0.656. The highest BCUT2D eigenvalue weighted by molar-refractivity contribution is 5.32. The minimum Gasteiger partial charge on any atom is -0.465 e. The van der Waals surface area contributed by atoms with Crippen molar-refractivity contribution < 1.29 is 9.47 Å². The number of hydrogen-bond donors (Lipinski definition) is 0. The molecule has 1 aromatic carbocycles. The van der Waals surface area contributed by atoms with Gasteiger partial charge in [-0.2, -0.15) is 0 Å². The van der Waals surface area contributed by atoms with Crippen LogP contribution in [0.1, 0.15) is 40.5 Å². The molecular formula is C18H26O2. The van der Waals surface area contributed by atoms with E-state index in [4.69, 9.17) is 9.47 Å². The second-order valence-electron chi connectivity index (χ2n) is 5.71. The first-order chi connectivity index (χ1) is 9.58. The first kappa shape index (κ1) is 16.4. The van der Waals surface area contributed by atoms with Gasteiger partial charge in [0, 0.05) is 0 Å². The van der Waals surface area contributed by atoms with Gasteiger partial charge in [-0.15, -0.1) is 0 Å². The van der Waals surface area contributed by atoms with Crippen LogP contribution in [0.5, 0.6) is 11.5 Å². The van der Waals surface area contributed by atoms with E-state index in [2.05, 4.69) is 27.7 Å². The Labute approximate surface area is 123 Å². The smallest absolute Gasteiger partial charge is 0.126 e. The molecule has 2 nitrogen and oxygen atoms in total. The molecule has 20 heavy (non-hydrogen) atoms. The molecule has 0 spiro atoms. The lowest BCUT2D eigenvalue weighted by Gasteiger charge is -2.03. The molecule has 1 rings (SSSR count). The first-order valence-corrected chi connectivity index (χ1v) is 7.31. The van der Waals surface area contributed by atoms with Crippen molar-refractivity contribution >= 4 is 0 Å². The van der Waals surface area contributed by atoms with Crippen LogP contribution in [-0.4, -0.2) is 0 Å². The summed E-state index contributed by atoms with van der Waals surface area (Å²) in [6, 6.07) is 7.63. The average Bonchev–Trinajstić information content (AvgIpc) is 2.41. The van der Waals surface area contributed by atoms with Crippen LogP contribution in [-0.2, 0) is 0 Å². The van der Waals surface area contributed by atoms with Crippen molar-refractivity contribution in [3.8, 4) is 11.5 Å². The Morgan fingerprint density at radius 1 is 0.750 bits per heavy atom. The summed E-state index contributed by atoms with van der Waals surface area (Å²) in [5, 5.41) is 0. The van der Waals surface area contributed by atoms with Crippen LogP contribution in [0.2, 0.25) is 0 Å². The fourth-order valence-corrected chi connectivity index (χ4v) is 1.51. The molecule has 0 heterocycles. The van der Waals surface area contributed by atoms with Gasteiger partial charge in [-0.05, 0) is 61.1 Å². The number of hydrogen-bond acceptors (Lipinski definition) is 2. The number of ether oxygens (including phenoxy) is 2. The van der Waals surface area contributed by atoms with Crippen LogP contribution in [0.3, 0.4) is 0 Å². The summed E-state index contributed by atoms with van der Waals surface area (Å²) in [4.78, 5) is 0. The van der Waals surface area contributed by atoms with E-state index in [9.17, 15) is 0 Å². The highest BCUT2D eigenvalue weighted by atomic mass is 16.5. The van der Waals surface area contributed by atoms with E-state index in [1.54, 1.807) is 12.5 Å². The van der Waals surface area contributed by atoms with E-state index in [-0.39, 0.29) is 0 Å². The Hall–Kier alpha value is -1.70. The van der Waals surface area contributed by atoms with Crippen molar-refractivity contribution in [2.45, 2.75) is 40.5 Å². The van der Waals surface area contributed by atoms with Gasteiger partial charge in [0.2, 0.25) is 0 Å². The summed E-state index contributed by atoms with van der Waals surface area (Å²) >= 11 is 0. The van der Waals surface area contributed by atoms with E-state index in [1.807, 2.05) is 36.4 Å². The standard InChI is InChI=1S/C18H26O2/c1-15(2)7-5-13-19-17-9-11-18(12-10-17)20-14-6-8-16(3)4/h5-6,9-16H,7-8H2,1-4H3/b13-5+,14-6+. The van der Waals surface area contributed by atoms with Gasteiger partial charge >= 0.3 is 0 Å². The summed E-state index contributed by atoms with van der Waals surface area (Å²) in [7, 11) is 0. The van der Waals surface area contributed by atoms with Gasteiger partial charge < -0.3 is 9.47 Å². The Bertz CT molecular complexity index is 373. The van der Waals surface area contributed by atoms with E-state index in [0.717, 1.165) is 24.3 Å². The summed E-state index contributed by atoms with van der Waals surface area (Å²) in [6.07, 6.45) is 9.65. The predicted octanol–water partition coefficient (Wildman–Crippen LogP) is 5.56. The Morgan fingerprint density at radius 3 is 1.40 bits per heavy atom. The Balaban J connectivity index is 2.36. The maximum absolute atomic E-state index is 5.51. The van der Waals surface area contributed by atoms with Gasteiger partial charge in [0.25, 0.3) is 0 Å². The van der Waals surface area contributed by atoms with Crippen molar-refractivity contribution in [2.24, 2.45) is 11.8 Å². The van der Waals surface area contributed by atoms with Crippen LogP contribution in [0.4, 0.5) is 0 Å². The maximum Gasteiger partial charge on any atom is 0.126 e. The fourth-order valence-electron chi connectivity index (χ4n) is 1.51. The summed E-state index contributed by atoms with van der Waals surface area (Å²) in [5.41, 5.74) is 0. The molecule has 0 aliphatic rings. The fraction of sp³-hybridized carbons (Fsp3) is 0.444. The van der Waals surface area contributed by atoms with Crippen molar-refractivity contribution in [2.75, 3.05) is 0 Å². The minimum absolute atomic E-state index is 0.656. The van der Waals surface area contributed by atoms with E-state index < -0.39 is 0 Å². The zero-order valence-electron chi connectivity index (χ0n) is 13.0. The maximum atomic E-state index is 5.51. The molecule has 0 radical (unpaired) electrons. The molecule has 0 unspecified atom stereocenters. The van der Waals surface area contributed by atoms with Crippen LogP contribution < -0.4 is 9.47 Å². The summed E-state index contributed by atoms with van der Waals surface area (Å²) in [5.74, 6) is 2.96. The van der Waals surface area contributed by atoms with Gasteiger partial charge in [0.1, 0.15) is 11.5 Å². The molecule has 0 atom stereocenters. The molecule has 2 heteroatoms. The predicted molar refractivity (Wildman–Crippen MR) is 84.9 cm³/mol. The first-order valence-electron chi connectivity index (χ1n) is 7.31. The van der Waals surface area contributed by atoms with Gasteiger partial charge in [-0.1, -0.05) is 27.7 Å². The SMILES string of the molecule is CC(C)C/C=C/Oc1ccc(O/C=C/CC(C)C)cc1. The quantitative estimate of drug-likeness (QED) is 0.577. The van der Waals surface area contributed by atoms with Crippen LogP contribution in [0.25, 0.3) is 0 Å². The summed E-state index contributed by atoms with van der Waals surface area (Å²) < 4.78 is 11.0. The van der Waals surface area contributed by atoms with E-state index in [1.165, 1.54) is 0 Å². The zero-order chi connectivity index (χ0) is 14.8. The molecule has 0 saturated carbocycles. The second-order valence-corrected chi connectivity index (χ2v) is 5.71. The van der Waals surface area contributed by atoms with Gasteiger partial charge in [0.05, 0.1) is 12.5 Å². The number of allylic oxidation sites excluding steroid dienone is 2. The molecule has 0 amide bonds.